The van der Waals surface area contributed by atoms with Crippen molar-refractivity contribution in [2.24, 2.45) is 5.73 Å². The maximum Gasteiger partial charge on any atom is 0.252 e. The van der Waals surface area contributed by atoms with E-state index in [2.05, 4.69) is 39.4 Å². The summed E-state index contributed by atoms with van der Waals surface area (Å²) in [7, 11) is 0. The zero-order chi connectivity index (χ0) is 21.6. The third kappa shape index (κ3) is 5.51. The predicted octanol–water partition coefficient (Wildman–Crippen LogP) is 2.42. The van der Waals surface area contributed by atoms with Gasteiger partial charge in [-0.2, -0.15) is 5.10 Å². The number of H-pyrrole nitrogens is 1. The minimum Gasteiger partial charge on any atom is -0.508 e. The second-order valence-corrected chi connectivity index (χ2v) is 7.94. The fourth-order valence-corrected chi connectivity index (χ4v) is 3.93. The first-order valence-electron chi connectivity index (χ1n) is 10.6. The Kier molecular flexibility index (Phi) is 6.64. The van der Waals surface area contributed by atoms with Crippen molar-refractivity contribution < 1.29 is 14.6 Å². The molecule has 0 atom stereocenters. The Morgan fingerprint density at radius 2 is 1.65 bits per heavy atom. The molecule has 1 amide bonds. The summed E-state index contributed by atoms with van der Waals surface area (Å²) in [6, 6.07) is 15.5. The predicted molar refractivity (Wildman–Crippen MR) is 118 cm³/mol. The second kappa shape index (κ2) is 9.76. The molecular weight excluding hydrogens is 392 g/mol. The van der Waals surface area contributed by atoms with Gasteiger partial charge in [-0.3, -0.25) is 14.8 Å². The van der Waals surface area contributed by atoms with Crippen molar-refractivity contribution in [1.82, 2.24) is 15.1 Å². The van der Waals surface area contributed by atoms with Gasteiger partial charge in [-0.25, -0.2) is 0 Å². The maximum absolute atomic E-state index is 12.1. The van der Waals surface area contributed by atoms with Gasteiger partial charge in [0.2, 0.25) is 0 Å². The molecule has 1 saturated heterocycles. The van der Waals surface area contributed by atoms with Gasteiger partial charge in [0.25, 0.3) is 5.91 Å². The maximum atomic E-state index is 12.1. The van der Waals surface area contributed by atoms with E-state index in [-0.39, 0.29) is 5.75 Å². The van der Waals surface area contributed by atoms with Gasteiger partial charge in [0, 0.05) is 26.1 Å². The molecule has 0 radical (unpaired) electrons. The average Bonchev–Trinajstić information content (AvgIpc) is 3.18. The Hall–Kier alpha value is -3.16. The Bertz CT molecular complexity index is 1010. The van der Waals surface area contributed by atoms with Crippen molar-refractivity contribution in [1.29, 1.82) is 0 Å². The number of nitrogens with one attached hydrogen (secondary N) is 1. The number of ether oxygens (including phenoxy) is 1. The summed E-state index contributed by atoms with van der Waals surface area (Å²) in [5.41, 5.74) is 11.0. The van der Waals surface area contributed by atoms with E-state index in [1.165, 1.54) is 5.56 Å². The highest BCUT2D eigenvalue weighted by Gasteiger charge is 2.18. The van der Waals surface area contributed by atoms with E-state index in [1.54, 1.807) is 12.1 Å². The molecule has 4 N–H and O–H groups in total. The van der Waals surface area contributed by atoms with Crippen LogP contribution in [0.2, 0.25) is 0 Å². The summed E-state index contributed by atoms with van der Waals surface area (Å²) >= 11 is 0. The Morgan fingerprint density at radius 3 is 2.32 bits per heavy atom. The SMILES string of the molecule is NC(=O)c1c(CCc2ccc(O)cc2)n[nH]c1Cc1ccc(CN2CCOCC2)cc1. The number of amides is 1. The molecule has 0 saturated carbocycles. The third-order valence-electron chi connectivity index (χ3n) is 5.66. The number of hydrogen-bond donors (Lipinski definition) is 3. The lowest BCUT2D eigenvalue weighted by molar-refractivity contribution is 0.0342. The van der Waals surface area contributed by atoms with Gasteiger partial charge in [-0.15, -0.1) is 0 Å². The highest BCUT2D eigenvalue weighted by Crippen LogP contribution is 2.19. The van der Waals surface area contributed by atoms with Crippen molar-refractivity contribution in [3.05, 3.63) is 82.2 Å². The van der Waals surface area contributed by atoms with Gasteiger partial charge >= 0.3 is 0 Å². The van der Waals surface area contributed by atoms with Gasteiger partial charge in [0.15, 0.2) is 0 Å². The van der Waals surface area contributed by atoms with Gasteiger partial charge in [0.05, 0.1) is 30.2 Å². The van der Waals surface area contributed by atoms with E-state index in [0.29, 0.717) is 30.5 Å². The number of carbonyl (C=O) groups is 1. The van der Waals surface area contributed by atoms with Crippen LogP contribution in [0.25, 0.3) is 0 Å². The number of aromatic amines is 1. The van der Waals surface area contributed by atoms with Crippen LogP contribution in [0.15, 0.2) is 48.5 Å². The normalized spacial score (nSPS) is 14.6. The van der Waals surface area contributed by atoms with Crippen LogP contribution in [-0.4, -0.2) is 52.4 Å². The highest BCUT2D eigenvalue weighted by atomic mass is 16.5. The molecule has 162 valence electrons. The van der Waals surface area contributed by atoms with E-state index < -0.39 is 5.91 Å². The fraction of sp³-hybridized carbons (Fsp3) is 0.333. The highest BCUT2D eigenvalue weighted by molar-refractivity contribution is 5.95. The molecular formula is C24H28N4O3. The molecule has 0 aliphatic carbocycles. The molecule has 1 fully saturated rings. The Morgan fingerprint density at radius 1 is 1.00 bits per heavy atom. The van der Waals surface area contributed by atoms with Gasteiger partial charge in [0.1, 0.15) is 5.75 Å². The summed E-state index contributed by atoms with van der Waals surface area (Å²) in [4.78, 5) is 14.5. The summed E-state index contributed by atoms with van der Waals surface area (Å²) in [5.74, 6) is -0.229. The zero-order valence-electron chi connectivity index (χ0n) is 17.5. The first-order valence-corrected chi connectivity index (χ1v) is 10.6. The molecule has 7 heteroatoms. The number of nitrogens with zero attached hydrogens (tertiary/aromatic N) is 2. The first-order chi connectivity index (χ1) is 15.1. The molecule has 31 heavy (non-hydrogen) atoms. The van der Waals surface area contributed by atoms with Gasteiger partial charge in [-0.1, -0.05) is 36.4 Å². The van der Waals surface area contributed by atoms with Gasteiger partial charge < -0.3 is 15.6 Å². The molecule has 0 bridgehead atoms. The van der Waals surface area contributed by atoms with E-state index in [9.17, 15) is 9.90 Å². The van der Waals surface area contributed by atoms with Crippen LogP contribution in [-0.2, 0) is 30.5 Å². The number of phenols is 1. The molecule has 3 aromatic rings. The van der Waals surface area contributed by atoms with Crippen LogP contribution in [0.3, 0.4) is 0 Å². The van der Waals surface area contributed by atoms with Crippen molar-refractivity contribution >= 4 is 5.91 Å². The molecule has 7 nitrogen and oxygen atoms in total. The van der Waals surface area contributed by atoms with Crippen molar-refractivity contribution in [2.75, 3.05) is 26.3 Å². The molecule has 1 aliphatic rings. The van der Waals surface area contributed by atoms with Crippen LogP contribution >= 0.6 is 0 Å². The van der Waals surface area contributed by atoms with E-state index >= 15 is 0 Å². The molecule has 2 aromatic carbocycles. The van der Waals surface area contributed by atoms with Crippen LogP contribution in [0, 0.1) is 0 Å². The smallest absolute Gasteiger partial charge is 0.252 e. The number of rotatable bonds is 8. The number of primary amides is 1. The van der Waals surface area contributed by atoms with Crippen molar-refractivity contribution in [3.8, 4) is 5.75 Å². The summed E-state index contributed by atoms with van der Waals surface area (Å²) in [5, 5.41) is 16.8. The van der Waals surface area contributed by atoms with Crippen molar-refractivity contribution in [3.63, 3.8) is 0 Å². The van der Waals surface area contributed by atoms with Gasteiger partial charge in [-0.05, 0) is 41.7 Å². The first kappa shape index (κ1) is 21.1. The number of nitrogens with two attached hydrogens (primary N) is 1. The monoisotopic (exact) mass is 420 g/mol. The zero-order valence-corrected chi connectivity index (χ0v) is 17.5. The van der Waals surface area contributed by atoms with E-state index in [0.717, 1.165) is 49.7 Å². The minimum absolute atomic E-state index is 0.236. The van der Waals surface area contributed by atoms with E-state index in [4.69, 9.17) is 10.5 Å². The Labute approximate surface area is 181 Å². The number of benzene rings is 2. The summed E-state index contributed by atoms with van der Waals surface area (Å²) in [6.07, 6.45) is 1.88. The molecule has 1 aromatic heterocycles. The number of hydrogen-bond acceptors (Lipinski definition) is 5. The largest absolute Gasteiger partial charge is 0.508 e. The lowest BCUT2D eigenvalue weighted by Crippen LogP contribution is -2.35. The lowest BCUT2D eigenvalue weighted by atomic mass is 10.0. The van der Waals surface area contributed by atoms with Crippen LogP contribution in [0.4, 0.5) is 0 Å². The molecule has 0 spiro atoms. The minimum atomic E-state index is -0.464. The molecule has 4 rings (SSSR count). The molecule has 2 heterocycles. The fourth-order valence-electron chi connectivity index (χ4n) is 3.93. The number of phenolic OH excluding ortho intramolecular Hbond substituents is 1. The summed E-state index contributed by atoms with van der Waals surface area (Å²) in [6.45, 7) is 4.43. The quantitative estimate of drug-likeness (QED) is 0.519. The molecule has 0 unspecified atom stereocenters. The topological polar surface area (TPSA) is 104 Å². The molecule has 1 aliphatic heterocycles. The number of aromatic nitrogens is 2. The number of morpholine rings is 1. The van der Waals surface area contributed by atoms with Crippen LogP contribution < -0.4 is 5.73 Å². The number of aryl methyl sites for hydroxylation is 2. The second-order valence-electron chi connectivity index (χ2n) is 7.94. The third-order valence-corrected chi connectivity index (χ3v) is 5.66. The Balaban J connectivity index is 1.41. The standard InChI is InChI=1S/C24H28N4O3/c25-24(30)23-21(10-7-17-5-8-20(29)9-6-17)26-27-22(23)15-18-1-3-19(4-2-18)16-28-11-13-31-14-12-28/h1-6,8-9,29H,7,10-16H2,(H2,25,30)(H,26,27). The number of carbonyl (C=O) groups excluding carboxylic acids is 1. The lowest BCUT2D eigenvalue weighted by Gasteiger charge is -2.26. The van der Waals surface area contributed by atoms with Crippen LogP contribution in [0.1, 0.15) is 38.4 Å². The van der Waals surface area contributed by atoms with Crippen molar-refractivity contribution in [2.45, 2.75) is 25.8 Å². The number of aromatic hydroxyl groups is 1. The summed E-state index contributed by atoms with van der Waals surface area (Å²) < 4.78 is 5.40. The van der Waals surface area contributed by atoms with E-state index in [1.807, 2.05) is 12.1 Å². The average molecular weight is 421 g/mol. The van der Waals surface area contributed by atoms with Crippen LogP contribution in [0.5, 0.6) is 5.75 Å².